The number of unbranched alkanes of at least 4 members (excludes halogenated alkanes) is 16. The Labute approximate surface area is 483 Å². The quantitative estimate of drug-likeness (QED) is 0.0195. The molecule has 0 spiro atoms. The van der Waals surface area contributed by atoms with E-state index in [0.29, 0.717) is 17.4 Å². The maximum atomic E-state index is 12.9. The highest BCUT2D eigenvalue weighted by molar-refractivity contribution is 5.70. The van der Waals surface area contributed by atoms with Gasteiger partial charge in [-0.2, -0.15) is 0 Å². The van der Waals surface area contributed by atoms with Crippen LogP contribution in [0, 0.1) is 0 Å². The van der Waals surface area contributed by atoms with Crippen LogP contribution in [0.4, 0.5) is 0 Å². The van der Waals surface area contributed by atoms with E-state index in [1.807, 2.05) is 21.1 Å². The van der Waals surface area contributed by atoms with Crippen LogP contribution >= 0.6 is 0 Å². The summed E-state index contributed by atoms with van der Waals surface area (Å²) in [7, 11) is 5.91. The molecule has 2 unspecified atom stereocenters. The number of ether oxygens (including phenoxy) is 4. The molecule has 9 heteroatoms. The molecule has 0 N–H and O–H groups in total. The van der Waals surface area contributed by atoms with E-state index in [4.69, 9.17) is 18.9 Å². The monoisotopic (exact) mass is 1100 g/mol. The summed E-state index contributed by atoms with van der Waals surface area (Å²) in [5, 5.41) is 11.8. The van der Waals surface area contributed by atoms with E-state index in [-0.39, 0.29) is 38.6 Å². The van der Waals surface area contributed by atoms with Crippen molar-refractivity contribution in [3.05, 3.63) is 146 Å². The summed E-state index contributed by atoms with van der Waals surface area (Å²) >= 11 is 0. The molecule has 0 saturated carbocycles. The minimum Gasteiger partial charge on any atom is -0.545 e. The summed E-state index contributed by atoms with van der Waals surface area (Å²) in [5.41, 5.74) is 0. The highest BCUT2D eigenvalue weighted by Crippen LogP contribution is 2.14. The molecule has 0 heterocycles. The Morgan fingerprint density at radius 1 is 0.380 bits per heavy atom. The zero-order chi connectivity index (χ0) is 57.6. The second-order valence-corrected chi connectivity index (χ2v) is 21.2. The van der Waals surface area contributed by atoms with Gasteiger partial charge in [-0.05, 0) is 116 Å². The number of allylic oxidation sites excluding steroid dienone is 24. The number of carbonyl (C=O) groups is 3. The first kappa shape index (κ1) is 74.2. The smallest absolute Gasteiger partial charge is 0.306 e. The van der Waals surface area contributed by atoms with Gasteiger partial charge < -0.3 is 33.3 Å². The van der Waals surface area contributed by atoms with Gasteiger partial charge in [-0.1, -0.05) is 237 Å². The van der Waals surface area contributed by atoms with E-state index in [0.717, 1.165) is 135 Å². The van der Waals surface area contributed by atoms with Crippen LogP contribution in [0.25, 0.3) is 0 Å². The number of likely N-dealkylation sites (N-methyl/N-ethyl adjacent to an activating group) is 1. The van der Waals surface area contributed by atoms with E-state index in [1.54, 1.807) is 0 Å². The van der Waals surface area contributed by atoms with Crippen molar-refractivity contribution in [2.45, 2.75) is 232 Å². The third-order valence-corrected chi connectivity index (χ3v) is 12.6. The molecule has 446 valence electrons. The van der Waals surface area contributed by atoms with Crippen molar-refractivity contribution in [3.63, 3.8) is 0 Å². The summed E-state index contributed by atoms with van der Waals surface area (Å²) in [6, 6.07) is 0. The van der Waals surface area contributed by atoms with Gasteiger partial charge in [0.05, 0.1) is 40.3 Å². The molecule has 0 rings (SSSR count). The minimum atomic E-state index is -1.64. The molecule has 0 saturated heterocycles. The SMILES string of the molecule is CC/C=C\C/C=C\C/C=C\C/C=C\C/C=C\C/C=C\C/C=C\C/C=C\CCCCCCCCCCC(=O)OC(COC(=O)CCCCCCCCCC/C=C\C/C=C\C/C=C\C/C=C\CC)COC(OCC[N+](C)(C)C)C(=O)[O-]. The lowest BCUT2D eigenvalue weighted by Crippen LogP contribution is -2.44. The highest BCUT2D eigenvalue weighted by Gasteiger charge is 2.22. The molecule has 9 nitrogen and oxygen atoms in total. The Bertz CT molecular complexity index is 1800. The van der Waals surface area contributed by atoms with Gasteiger partial charge in [0, 0.05) is 12.8 Å². The first-order valence-corrected chi connectivity index (χ1v) is 31.0. The van der Waals surface area contributed by atoms with Gasteiger partial charge in [0.2, 0.25) is 0 Å². The molecule has 0 aromatic heterocycles. The van der Waals surface area contributed by atoms with Gasteiger partial charge in [0.15, 0.2) is 12.4 Å². The molecular weight excluding hydrogens is 983 g/mol. The lowest BCUT2D eigenvalue weighted by Gasteiger charge is -2.26. The molecule has 0 bridgehead atoms. The topological polar surface area (TPSA) is 111 Å². The summed E-state index contributed by atoms with van der Waals surface area (Å²) in [6.07, 6.45) is 83.2. The third kappa shape index (κ3) is 60.7. The third-order valence-electron chi connectivity index (χ3n) is 12.6. The van der Waals surface area contributed by atoms with Gasteiger partial charge in [-0.3, -0.25) is 9.59 Å². The lowest BCUT2D eigenvalue weighted by molar-refractivity contribution is -0.870. The van der Waals surface area contributed by atoms with Crippen molar-refractivity contribution in [1.82, 2.24) is 0 Å². The molecule has 0 aliphatic carbocycles. The Morgan fingerprint density at radius 2 is 0.684 bits per heavy atom. The zero-order valence-corrected chi connectivity index (χ0v) is 50.7. The number of aliphatic carboxylic acids is 1. The number of hydrogen-bond donors (Lipinski definition) is 0. The average Bonchev–Trinajstić information content (AvgIpc) is 3.42. The number of rotatable bonds is 55. The van der Waals surface area contributed by atoms with Crippen LogP contribution in [0.5, 0.6) is 0 Å². The van der Waals surface area contributed by atoms with E-state index in [2.05, 4.69) is 160 Å². The molecule has 0 aromatic rings. The van der Waals surface area contributed by atoms with Gasteiger partial charge in [0.1, 0.15) is 13.2 Å². The number of hydrogen-bond acceptors (Lipinski definition) is 8. The molecule has 79 heavy (non-hydrogen) atoms. The summed E-state index contributed by atoms with van der Waals surface area (Å²) < 4.78 is 22.7. The predicted octanol–water partition coefficient (Wildman–Crippen LogP) is 17.5. The molecule has 2 atom stereocenters. The summed E-state index contributed by atoms with van der Waals surface area (Å²) in [6.45, 7) is 4.48. The van der Waals surface area contributed by atoms with Crippen LogP contribution in [0.1, 0.15) is 219 Å². The molecular formula is C70H113NO8. The largest absolute Gasteiger partial charge is 0.545 e. The fraction of sp³-hybridized carbons (Fsp3) is 0.614. The van der Waals surface area contributed by atoms with E-state index >= 15 is 0 Å². The van der Waals surface area contributed by atoms with E-state index < -0.39 is 24.3 Å². The zero-order valence-electron chi connectivity index (χ0n) is 50.7. The van der Waals surface area contributed by atoms with E-state index in [9.17, 15) is 19.5 Å². The van der Waals surface area contributed by atoms with E-state index in [1.165, 1.54) is 51.4 Å². The number of esters is 2. The maximum absolute atomic E-state index is 12.9. The second-order valence-electron chi connectivity index (χ2n) is 21.2. The summed E-state index contributed by atoms with van der Waals surface area (Å²) in [4.78, 5) is 37.4. The van der Waals surface area contributed by atoms with Crippen LogP contribution in [0.3, 0.4) is 0 Å². The van der Waals surface area contributed by atoms with Crippen molar-refractivity contribution in [2.24, 2.45) is 0 Å². The van der Waals surface area contributed by atoms with Crippen molar-refractivity contribution in [1.29, 1.82) is 0 Å². The number of quaternary nitrogens is 1. The molecule has 0 aliphatic rings. The van der Waals surface area contributed by atoms with Crippen LogP contribution < -0.4 is 5.11 Å². The van der Waals surface area contributed by atoms with Crippen LogP contribution in [-0.2, 0) is 33.3 Å². The number of nitrogens with zero attached hydrogens (tertiary/aromatic N) is 1. The lowest BCUT2D eigenvalue weighted by atomic mass is 10.1. The van der Waals surface area contributed by atoms with Gasteiger partial charge in [0.25, 0.3) is 0 Å². The Hall–Kier alpha value is -4.83. The van der Waals surface area contributed by atoms with Gasteiger partial charge in [-0.15, -0.1) is 0 Å². The molecule has 0 amide bonds. The van der Waals surface area contributed by atoms with Crippen molar-refractivity contribution in [2.75, 3.05) is 47.5 Å². The fourth-order valence-electron chi connectivity index (χ4n) is 7.90. The van der Waals surface area contributed by atoms with Crippen molar-refractivity contribution < 1.29 is 42.9 Å². The Balaban J connectivity index is 4.27. The minimum absolute atomic E-state index is 0.136. The molecule has 0 aromatic carbocycles. The second kappa shape index (κ2) is 59.3. The van der Waals surface area contributed by atoms with Crippen LogP contribution in [0.2, 0.25) is 0 Å². The number of carboxylic acids is 1. The van der Waals surface area contributed by atoms with Crippen molar-refractivity contribution in [3.8, 4) is 0 Å². The van der Waals surface area contributed by atoms with Crippen LogP contribution in [-0.4, -0.2) is 82.3 Å². The normalized spacial score (nSPS) is 13.8. The average molecular weight is 1100 g/mol. The van der Waals surface area contributed by atoms with Gasteiger partial charge >= 0.3 is 11.9 Å². The fourth-order valence-corrected chi connectivity index (χ4v) is 7.90. The molecule has 0 radical (unpaired) electrons. The van der Waals surface area contributed by atoms with Crippen LogP contribution in [0.15, 0.2) is 146 Å². The summed E-state index contributed by atoms with van der Waals surface area (Å²) in [5.74, 6) is -2.32. The highest BCUT2D eigenvalue weighted by atomic mass is 16.7. The first-order chi connectivity index (χ1) is 38.6. The predicted molar refractivity (Wildman–Crippen MR) is 333 cm³/mol. The van der Waals surface area contributed by atoms with Gasteiger partial charge in [-0.25, -0.2) is 0 Å². The van der Waals surface area contributed by atoms with Crippen molar-refractivity contribution >= 4 is 17.9 Å². The Kier molecular flexibility index (Phi) is 55.7. The maximum Gasteiger partial charge on any atom is 0.306 e. The first-order valence-electron chi connectivity index (χ1n) is 31.0. The number of carboxylic acid groups (broad SMARTS) is 1. The molecule has 0 aliphatic heterocycles. The number of carbonyl (C=O) groups excluding carboxylic acids is 3. The standard InChI is InChI=1S/C70H113NO8/c1-6-8-10-12-14-16-18-20-22-24-26-28-29-30-31-32-33-34-35-36-37-38-39-41-43-45-47-49-51-53-55-57-59-61-68(73)79-66(65-78-70(69(74)75)76-63-62-71(3,4)5)64-77-67(72)60-58-56-54-52-50-48-46-44-42-40-27-25-23-21-19-17-15-13-11-9-7-2/h8-11,14-17,20-23,26-28,30-31,33-34,36-37,39-41,66,70H,6-7,12-13,18-19,24-25,29,32,35,38,42-65H2,1-5H3/b10-8-,11-9-,16-14-,17-15-,22-20-,23-21-,28-26-,31-30-,34-33-,37-36-,40-27-,41-39-. The molecule has 0 fully saturated rings. The Morgan fingerprint density at radius 3 is 1.01 bits per heavy atom.